The molecule has 0 saturated heterocycles. The third-order valence-corrected chi connectivity index (χ3v) is 4.14. The summed E-state index contributed by atoms with van der Waals surface area (Å²) in [5.74, 6) is 0.519. The number of halogens is 4. The summed E-state index contributed by atoms with van der Waals surface area (Å²) in [6.07, 6.45) is -0.0548. The molecule has 5 nitrogen and oxygen atoms in total. The smallest absolute Gasteiger partial charge is 0.356 e. The third-order valence-electron chi connectivity index (χ3n) is 3.30. The standard InChI is InChI=1S/C15H18F3N5S.HI/c1-10-7-20-5-3-11(10)4-6-21-14(19-2)22-8-13-23-12(9-24-13)15(16,17)18;/h3,5,7,9H,4,6,8H2,1-2H3,(H2,19,21,22);1H. The molecule has 0 saturated carbocycles. The molecule has 25 heavy (non-hydrogen) atoms. The number of rotatable bonds is 5. The summed E-state index contributed by atoms with van der Waals surface area (Å²) in [6, 6.07) is 1.96. The van der Waals surface area contributed by atoms with E-state index in [0.29, 0.717) is 17.5 Å². The Morgan fingerprint density at radius 2 is 2.08 bits per heavy atom. The van der Waals surface area contributed by atoms with Crippen LogP contribution in [0.5, 0.6) is 0 Å². The van der Waals surface area contributed by atoms with E-state index in [2.05, 4.69) is 25.6 Å². The second kappa shape index (κ2) is 9.90. The molecule has 0 aliphatic rings. The van der Waals surface area contributed by atoms with Gasteiger partial charge < -0.3 is 10.6 Å². The zero-order valence-electron chi connectivity index (χ0n) is 13.7. The molecule has 2 aromatic rings. The normalized spacial score (nSPS) is 11.8. The van der Waals surface area contributed by atoms with Crippen molar-refractivity contribution in [2.24, 2.45) is 4.99 Å². The summed E-state index contributed by atoms with van der Waals surface area (Å²) in [4.78, 5) is 11.7. The lowest BCUT2D eigenvalue weighted by Gasteiger charge is -2.11. The summed E-state index contributed by atoms with van der Waals surface area (Å²) in [5.41, 5.74) is 1.44. The Bertz CT molecular complexity index is 702. The van der Waals surface area contributed by atoms with Gasteiger partial charge in [-0.05, 0) is 30.5 Å². The van der Waals surface area contributed by atoms with Crippen LogP contribution in [0.15, 0.2) is 28.8 Å². The summed E-state index contributed by atoms with van der Waals surface area (Å²) in [7, 11) is 1.61. The number of nitrogens with zero attached hydrogens (tertiary/aromatic N) is 3. The van der Waals surface area contributed by atoms with Gasteiger partial charge in [-0.25, -0.2) is 4.98 Å². The molecule has 0 unspecified atom stereocenters. The minimum atomic E-state index is -4.41. The molecule has 0 aliphatic heterocycles. The van der Waals surface area contributed by atoms with Crippen LogP contribution in [0.4, 0.5) is 13.2 Å². The molecule has 0 spiro atoms. The second-order valence-corrected chi connectivity index (χ2v) is 5.97. The van der Waals surface area contributed by atoms with Crippen molar-refractivity contribution in [1.29, 1.82) is 0 Å². The minimum Gasteiger partial charge on any atom is -0.356 e. The number of thiazole rings is 1. The summed E-state index contributed by atoms with van der Waals surface area (Å²) in [6.45, 7) is 2.83. The molecule has 10 heteroatoms. The number of alkyl halides is 3. The first-order chi connectivity index (χ1) is 11.4. The first kappa shape index (κ1) is 21.6. The van der Waals surface area contributed by atoms with E-state index in [1.807, 2.05) is 19.2 Å². The van der Waals surface area contributed by atoms with Gasteiger partial charge in [-0.1, -0.05) is 0 Å². The van der Waals surface area contributed by atoms with E-state index < -0.39 is 11.9 Å². The van der Waals surface area contributed by atoms with Crippen LogP contribution in [0.3, 0.4) is 0 Å². The monoisotopic (exact) mass is 485 g/mol. The van der Waals surface area contributed by atoms with Gasteiger partial charge in [-0.2, -0.15) is 13.2 Å². The van der Waals surface area contributed by atoms with Crippen LogP contribution in [0, 0.1) is 6.92 Å². The van der Waals surface area contributed by atoms with Crippen LogP contribution in [-0.2, 0) is 19.1 Å². The lowest BCUT2D eigenvalue weighted by atomic mass is 10.1. The van der Waals surface area contributed by atoms with Crippen molar-refractivity contribution in [3.63, 3.8) is 0 Å². The molecule has 0 aromatic carbocycles. The van der Waals surface area contributed by atoms with Crippen molar-refractivity contribution in [1.82, 2.24) is 20.6 Å². The van der Waals surface area contributed by atoms with E-state index >= 15 is 0 Å². The lowest BCUT2D eigenvalue weighted by Crippen LogP contribution is -2.37. The van der Waals surface area contributed by atoms with Gasteiger partial charge in [-0.15, -0.1) is 35.3 Å². The maximum absolute atomic E-state index is 12.5. The summed E-state index contributed by atoms with van der Waals surface area (Å²) in [5, 5.41) is 7.45. The quantitative estimate of drug-likeness (QED) is 0.388. The second-order valence-electron chi connectivity index (χ2n) is 5.03. The highest BCUT2D eigenvalue weighted by Gasteiger charge is 2.33. The Morgan fingerprint density at radius 3 is 2.68 bits per heavy atom. The Balaban J connectivity index is 0.00000312. The van der Waals surface area contributed by atoms with Gasteiger partial charge in [0.2, 0.25) is 0 Å². The Morgan fingerprint density at radius 1 is 1.32 bits per heavy atom. The van der Waals surface area contributed by atoms with Crippen molar-refractivity contribution in [2.45, 2.75) is 26.1 Å². The van der Waals surface area contributed by atoms with Crippen molar-refractivity contribution < 1.29 is 13.2 Å². The maximum atomic E-state index is 12.5. The van der Waals surface area contributed by atoms with E-state index in [9.17, 15) is 13.2 Å². The van der Waals surface area contributed by atoms with E-state index in [-0.39, 0.29) is 30.5 Å². The predicted octanol–water partition coefficient (Wildman–Crippen LogP) is 3.39. The largest absolute Gasteiger partial charge is 0.434 e. The van der Waals surface area contributed by atoms with E-state index in [4.69, 9.17) is 0 Å². The molecule has 0 bridgehead atoms. The Kier molecular flexibility index (Phi) is 8.56. The van der Waals surface area contributed by atoms with Gasteiger partial charge in [0.25, 0.3) is 0 Å². The molecule has 2 N–H and O–H groups in total. The van der Waals surface area contributed by atoms with Gasteiger partial charge in [0, 0.05) is 31.4 Å². The van der Waals surface area contributed by atoms with Gasteiger partial charge in [0.15, 0.2) is 11.7 Å². The van der Waals surface area contributed by atoms with Crippen molar-refractivity contribution >= 4 is 41.3 Å². The SMILES string of the molecule is CN=C(NCCc1ccncc1C)NCc1nc(C(F)(F)F)cs1.I. The number of hydrogen-bond acceptors (Lipinski definition) is 4. The Hall–Kier alpha value is -1.43. The zero-order chi connectivity index (χ0) is 17.6. The number of aliphatic imine (C=N–C) groups is 1. The zero-order valence-corrected chi connectivity index (χ0v) is 16.9. The highest BCUT2D eigenvalue weighted by atomic mass is 127. The average molecular weight is 485 g/mol. The number of hydrogen-bond donors (Lipinski definition) is 2. The lowest BCUT2D eigenvalue weighted by molar-refractivity contribution is -0.140. The minimum absolute atomic E-state index is 0. The highest BCUT2D eigenvalue weighted by molar-refractivity contribution is 14.0. The van der Waals surface area contributed by atoms with Gasteiger partial charge in [-0.3, -0.25) is 9.98 Å². The molecule has 2 aromatic heterocycles. The topological polar surface area (TPSA) is 62.2 Å². The number of pyridine rings is 1. The van der Waals surface area contributed by atoms with Gasteiger partial charge >= 0.3 is 6.18 Å². The highest BCUT2D eigenvalue weighted by Crippen LogP contribution is 2.29. The molecular formula is C15H19F3IN5S. The van der Waals surface area contributed by atoms with Crippen LogP contribution in [0.1, 0.15) is 21.8 Å². The van der Waals surface area contributed by atoms with Gasteiger partial charge in [0.1, 0.15) is 5.01 Å². The van der Waals surface area contributed by atoms with Crippen LogP contribution in [0.25, 0.3) is 0 Å². The maximum Gasteiger partial charge on any atom is 0.434 e. The molecule has 0 radical (unpaired) electrons. The van der Waals surface area contributed by atoms with Crippen LogP contribution < -0.4 is 10.6 Å². The fourth-order valence-corrected chi connectivity index (χ4v) is 2.74. The fourth-order valence-electron chi connectivity index (χ4n) is 2.00. The van der Waals surface area contributed by atoms with E-state index in [1.54, 1.807) is 13.2 Å². The van der Waals surface area contributed by atoms with Crippen molar-refractivity contribution in [3.8, 4) is 0 Å². The fraction of sp³-hybridized carbons (Fsp3) is 0.400. The molecule has 0 fully saturated rings. The molecular weight excluding hydrogens is 466 g/mol. The van der Waals surface area contributed by atoms with Crippen LogP contribution in [-0.4, -0.2) is 29.5 Å². The molecule has 2 heterocycles. The summed E-state index contributed by atoms with van der Waals surface area (Å²) < 4.78 is 37.5. The molecule has 138 valence electrons. The molecule has 0 aliphatic carbocycles. The van der Waals surface area contributed by atoms with E-state index in [0.717, 1.165) is 28.7 Å². The number of aromatic nitrogens is 2. The number of aryl methyl sites for hydroxylation is 1. The van der Waals surface area contributed by atoms with Crippen LogP contribution in [0.2, 0.25) is 0 Å². The first-order valence-corrected chi connectivity index (χ1v) is 8.13. The van der Waals surface area contributed by atoms with Crippen molar-refractivity contribution in [3.05, 3.63) is 45.7 Å². The molecule has 0 atom stereocenters. The summed E-state index contributed by atoms with van der Waals surface area (Å²) >= 11 is 0.968. The average Bonchev–Trinajstić information content (AvgIpc) is 3.01. The number of nitrogens with one attached hydrogen (secondary N) is 2. The molecule has 0 amide bonds. The molecule has 2 rings (SSSR count). The Labute approximate surface area is 165 Å². The van der Waals surface area contributed by atoms with Crippen molar-refractivity contribution in [2.75, 3.05) is 13.6 Å². The first-order valence-electron chi connectivity index (χ1n) is 7.25. The van der Waals surface area contributed by atoms with Crippen LogP contribution >= 0.6 is 35.3 Å². The van der Waals surface area contributed by atoms with E-state index in [1.165, 1.54) is 5.56 Å². The third kappa shape index (κ3) is 6.77. The van der Waals surface area contributed by atoms with Gasteiger partial charge in [0.05, 0.1) is 6.54 Å². The predicted molar refractivity (Wildman–Crippen MR) is 103 cm³/mol. The number of guanidine groups is 1.